The van der Waals surface area contributed by atoms with Crippen LogP contribution in [0.25, 0.3) is 6.08 Å². The van der Waals surface area contributed by atoms with Gasteiger partial charge in [0.05, 0.1) is 19.1 Å². The molecule has 1 aromatic rings. The van der Waals surface area contributed by atoms with E-state index in [1.54, 1.807) is 31.4 Å². The number of hydrogen-bond acceptors (Lipinski definition) is 5. The Morgan fingerprint density at radius 3 is 2.56 bits per heavy atom. The van der Waals surface area contributed by atoms with E-state index in [4.69, 9.17) is 9.47 Å². The summed E-state index contributed by atoms with van der Waals surface area (Å²) in [4.78, 5) is 15.0. The van der Waals surface area contributed by atoms with Gasteiger partial charge in [0.1, 0.15) is 0 Å². The number of rotatable bonds is 3. The number of nitrogens with zero attached hydrogens (tertiary/aromatic N) is 1. The molecule has 0 spiro atoms. The third kappa shape index (κ3) is 2.48. The predicted octanol–water partition coefficient (Wildman–Crippen LogP) is 1.03. The van der Waals surface area contributed by atoms with E-state index in [0.29, 0.717) is 16.4 Å². The van der Waals surface area contributed by atoms with Gasteiger partial charge < -0.3 is 14.6 Å². The van der Waals surface area contributed by atoms with Gasteiger partial charge >= 0.3 is 0 Å². The van der Waals surface area contributed by atoms with Gasteiger partial charge in [0, 0.05) is 5.23 Å². The van der Waals surface area contributed by atoms with Crippen molar-refractivity contribution in [2.45, 2.75) is 0 Å². The highest BCUT2D eigenvalue weighted by atomic mass is 32.2. The van der Waals surface area contributed by atoms with E-state index in [0.717, 1.165) is 17.3 Å². The van der Waals surface area contributed by atoms with Crippen molar-refractivity contribution in [1.29, 1.82) is 0 Å². The predicted molar refractivity (Wildman–Crippen MR) is 67.6 cm³/mol. The van der Waals surface area contributed by atoms with E-state index in [1.165, 1.54) is 7.11 Å². The summed E-state index contributed by atoms with van der Waals surface area (Å²) in [6, 6.07) is 5.22. The van der Waals surface area contributed by atoms with Crippen molar-refractivity contribution in [2.75, 3.05) is 14.2 Å². The van der Waals surface area contributed by atoms with E-state index in [2.05, 4.69) is 4.99 Å². The zero-order chi connectivity index (χ0) is 13.1. The summed E-state index contributed by atoms with van der Waals surface area (Å²) in [6.07, 6.45) is 1.60. The highest BCUT2D eigenvalue weighted by molar-refractivity contribution is 8.18. The average molecular weight is 264 g/mol. The molecule has 0 unspecified atom stereocenters. The molecule has 0 aromatic heterocycles. The van der Waals surface area contributed by atoms with Gasteiger partial charge in [-0.2, -0.15) is 0 Å². The van der Waals surface area contributed by atoms with Crippen molar-refractivity contribution in [3.63, 3.8) is 0 Å². The van der Waals surface area contributed by atoms with Gasteiger partial charge in [0.25, 0.3) is 5.91 Å². The Morgan fingerprint density at radius 2 is 2.00 bits per heavy atom. The van der Waals surface area contributed by atoms with Crippen LogP contribution < -0.4 is 14.6 Å². The van der Waals surface area contributed by atoms with Crippen molar-refractivity contribution < 1.29 is 19.4 Å². The van der Waals surface area contributed by atoms with Crippen molar-refractivity contribution >= 4 is 29.0 Å². The van der Waals surface area contributed by atoms with Gasteiger partial charge in [-0.25, -0.2) is 4.99 Å². The summed E-state index contributed by atoms with van der Waals surface area (Å²) in [5, 5.41) is 10.5. The van der Waals surface area contributed by atoms with Crippen LogP contribution in [0.1, 0.15) is 5.56 Å². The quantitative estimate of drug-likeness (QED) is 0.763. The first kappa shape index (κ1) is 12.5. The third-order valence-corrected chi connectivity index (χ3v) is 3.08. The molecule has 1 aliphatic heterocycles. The molecule has 0 aliphatic carbocycles. The summed E-state index contributed by atoms with van der Waals surface area (Å²) in [5.74, 6) is 0.663. The molecule has 0 atom stereocenters. The molecule has 0 N–H and O–H groups in total. The van der Waals surface area contributed by atoms with E-state index in [-0.39, 0.29) is 0 Å². The van der Waals surface area contributed by atoms with Crippen LogP contribution in [0, 0.1) is 0 Å². The van der Waals surface area contributed by atoms with Crippen LogP contribution in [0.15, 0.2) is 28.1 Å². The number of amides is 1. The Kier molecular flexibility index (Phi) is 3.57. The second-order valence-corrected chi connectivity index (χ2v) is 4.40. The number of methoxy groups -OCH3 is 2. The van der Waals surface area contributed by atoms with Gasteiger partial charge in [-0.05, 0) is 23.8 Å². The normalized spacial score (nSPS) is 16.9. The minimum Gasteiger partial charge on any atom is -0.853 e. The molecule has 1 heterocycles. The molecule has 1 amide bonds. The molecule has 2 rings (SSSR count). The fourth-order valence-electron chi connectivity index (χ4n) is 1.48. The number of aliphatic imine (C=N–C) groups is 1. The maximum Gasteiger partial charge on any atom is 0.283 e. The van der Waals surface area contributed by atoms with Crippen LogP contribution in [0.2, 0.25) is 0 Å². The number of thioether (sulfide) groups is 1. The minimum atomic E-state index is -0.500. The van der Waals surface area contributed by atoms with Gasteiger partial charge in [0.2, 0.25) is 0 Å². The third-order valence-electron chi connectivity index (χ3n) is 2.31. The molecule has 0 saturated heterocycles. The Balaban J connectivity index is 2.31. The van der Waals surface area contributed by atoms with Crippen LogP contribution >= 0.6 is 11.8 Å². The molecule has 6 heteroatoms. The fourth-order valence-corrected chi connectivity index (χ4v) is 2.13. The SMILES string of the molecule is COc1ccc(C=C2SC([O-])=NC2=O)cc1OC. The second-order valence-electron chi connectivity index (χ2n) is 3.41. The summed E-state index contributed by atoms with van der Waals surface area (Å²) >= 11 is 0.826. The van der Waals surface area contributed by atoms with E-state index in [9.17, 15) is 9.90 Å². The number of carbonyl (C=O) groups excluding carboxylic acids is 1. The Hall–Kier alpha value is -1.95. The van der Waals surface area contributed by atoms with Crippen molar-refractivity contribution in [3.8, 4) is 11.5 Å². The van der Waals surface area contributed by atoms with Gasteiger partial charge in [-0.1, -0.05) is 17.8 Å². The molecule has 0 fully saturated rings. The maximum absolute atomic E-state index is 11.3. The van der Waals surface area contributed by atoms with Crippen molar-refractivity contribution in [3.05, 3.63) is 28.7 Å². The summed E-state index contributed by atoms with van der Waals surface area (Å²) in [7, 11) is 3.08. The summed E-state index contributed by atoms with van der Waals surface area (Å²) < 4.78 is 10.3. The monoisotopic (exact) mass is 264 g/mol. The van der Waals surface area contributed by atoms with Crippen LogP contribution in [0.5, 0.6) is 11.5 Å². The zero-order valence-corrected chi connectivity index (χ0v) is 10.6. The Bertz CT molecular complexity index is 551. The largest absolute Gasteiger partial charge is 0.853 e. The fraction of sp³-hybridized carbons (Fsp3) is 0.167. The highest BCUT2D eigenvalue weighted by Crippen LogP contribution is 2.31. The molecular formula is C12H10NO4S-. The van der Waals surface area contributed by atoms with Crippen LogP contribution in [0.3, 0.4) is 0 Å². The number of benzene rings is 1. The van der Waals surface area contributed by atoms with E-state index in [1.807, 2.05) is 0 Å². The molecule has 5 nitrogen and oxygen atoms in total. The topological polar surface area (TPSA) is 71.0 Å². The van der Waals surface area contributed by atoms with Crippen LogP contribution in [-0.4, -0.2) is 25.4 Å². The second kappa shape index (κ2) is 5.14. The Labute approximate surface area is 108 Å². The summed E-state index contributed by atoms with van der Waals surface area (Å²) in [5.41, 5.74) is 0.744. The highest BCUT2D eigenvalue weighted by Gasteiger charge is 2.16. The zero-order valence-electron chi connectivity index (χ0n) is 9.80. The molecular weight excluding hydrogens is 254 g/mol. The van der Waals surface area contributed by atoms with Crippen LogP contribution in [-0.2, 0) is 4.79 Å². The Morgan fingerprint density at radius 1 is 1.28 bits per heavy atom. The van der Waals surface area contributed by atoms with Crippen LogP contribution in [0.4, 0.5) is 0 Å². The molecule has 1 aliphatic rings. The van der Waals surface area contributed by atoms with Gasteiger partial charge in [-0.3, -0.25) is 4.79 Å². The number of hydrogen-bond donors (Lipinski definition) is 0. The maximum atomic E-state index is 11.3. The van der Waals surface area contributed by atoms with Gasteiger partial charge in [0.15, 0.2) is 11.5 Å². The van der Waals surface area contributed by atoms with Crippen molar-refractivity contribution in [2.24, 2.45) is 4.99 Å². The van der Waals surface area contributed by atoms with E-state index >= 15 is 0 Å². The molecule has 1 aromatic carbocycles. The lowest BCUT2D eigenvalue weighted by Crippen LogP contribution is -2.08. The first-order valence-corrected chi connectivity index (χ1v) is 5.87. The minimum absolute atomic E-state index is 0.312. The lowest BCUT2D eigenvalue weighted by molar-refractivity contribution is -0.205. The van der Waals surface area contributed by atoms with Gasteiger partial charge in [-0.15, -0.1) is 0 Å². The molecule has 18 heavy (non-hydrogen) atoms. The lowest BCUT2D eigenvalue weighted by Gasteiger charge is -2.08. The standard InChI is InChI=1S/C12H11NO4S/c1-16-8-4-3-7(5-9(8)17-2)6-10-11(14)13-12(15)18-10/h3-6H,1-2H3,(H,13,14,15)/p-1. The molecule has 0 bridgehead atoms. The van der Waals surface area contributed by atoms with Crippen molar-refractivity contribution in [1.82, 2.24) is 0 Å². The molecule has 0 radical (unpaired) electrons. The number of ether oxygens (including phenoxy) is 2. The first-order valence-electron chi connectivity index (χ1n) is 5.05. The smallest absolute Gasteiger partial charge is 0.283 e. The van der Waals surface area contributed by atoms with E-state index < -0.39 is 11.1 Å². The molecule has 0 saturated carbocycles. The lowest BCUT2D eigenvalue weighted by atomic mass is 10.2. The molecule has 94 valence electrons. The first-order chi connectivity index (χ1) is 8.63. The summed E-state index contributed by atoms with van der Waals surface area (Å²) in [6.45, 7) is 0. The number of carbonyl (C=O) groups is 1. The average Bonchev–Trinajstić information content (AvgIpc) is 2.67.